The third-order valence-electron chi connectivity index (χ3n) is 2.80. The minimum Gasteiger partial charge on any atom is -0.342 e. The number of carbonyl (C=O) groups is 1. The van der Waals surface area contributed by atoms with Gasteiger partial charge >= 0.3 is 0 Å². The number of carbonyl (C=O) groups excluding carboxylic acids is 1. The van der Waals surface area contributed by atoms with Crippen molar-refractivity contribution in [3.63, 3.8) is 0 Å². The standard InChI is InChI=1S/C13H18N4O/c1-3-4-10(14)13(18)17-9-5-6-11-12(7-9)16-8(2)15-11/h5-7,10H,3-4,14H2,1-2H3,(H,15,16)(H,17,18)/t10-/m0/s1. The number of imidazole rings is 1. The molecular weight excluding hydrogens is 228 g/mol. The number of nitrogens with two attached hydrogens (primary N) is 1. The van der Waals surface area contributed by atoms with Crippen LogP contribution in [-0.4, -0.2) is 21.9 Å². The molecule has 1 amide bonds. The van der Waals surface area contributed by atoms with E-state index in [-0.39, 0.29) is 5.91 Å². The van der Waals surface area contributed by atoms with Crippen LogP contribution in [0.25, 0.3) is 11.0 Å². The van der Waals surface area contributed by atoms with Gasteiger partial charge in [-0.3, -0.25) is 4.79 Å². The molecule has 0 radical (unpaired) electrons. The number of nitrogens with one attached hydrogen (secondary N) is 2. The highest BCUT2D eigenvalue weighted by molar-refractivity contribution is 5.96. The molecule has 1 atom stereocenters. The fraction of sp³-hybridized carbons (Fsp3) is 0.385. The Bertz CT molecular complexity index is 561. The molecule has 1 heterocycles. The fourth-order valence-corrected chi connectivity index (χ4v) is 1.89. The molecule has 0 saturated carbocycles. The zero-order valence-electron chi connectivity index (χ0n) is 10.7. The largest absolute Gasteiger partial charge is 0.342 e. The summed E-state index contributed by atoms with van der Waals surface area (Å²) in [5.74, 6) is 0.712. The number of rotatable bonds is 4. The van der Waals surface area contributed by atoms with Gasteiger partial charge in [0.05, 0.1) is 17.1 Å². The van der Waals surface area contributed by atoms with Gasteiger partial charge in [-0.05, 0) is 31.5 Å². The molecular formula is C13H18N4O. The van der Waals surface area contributed by atoms with Crippen molar-refractivity contribution in [2.45, 2.75) is 32.7 Å². The van der Waals surface area contributed by atoms with E-state index in [2.05, 4.69) is 15.3 Å². The summed E-state index contributed by atoms with van der Waals surface area (Å²) in [4.78, 5) is 19.2. The molecule has 5 nitrogen and oxygen atoms in total. The molecule has 18 heavy (non-hydrogen) atoms. The van der Waals surface area contributed by atoms with E-state index in [0.29, 0.717) is 6.42 Å². The van der Waals surface area contributed by atoms with E-state index >= 15 is 0 Å². The van der Waals surface area contributed by atoms with Gasteiger partial charge in [-0.2, -0.15) is 0 Å². The number of aromatic nitrogens is 2. The summed E-state index contributed by atoms with van der Waals surface area (Å²) in [7, 11) is 0. The first kappa shape index (κ1) is 12.6. The lowest BCUT2D eigenvalue weighted by atomic mass is 10.1. The highest BCUT2D eigenvalue weighted by Crippen LogP contribution is 2.17. The summed E-state index contributed by atoms with van der Waals surface area (Å²) in [6, 6.07) is 5.12. The summed E-state index contributed by atoms with van der Waals surface area (Å²) in [6.07, 6.45) is 1.59. The van der Waals surface area contributed by atoms with Crippen LogP contribution in [0.5, 0.6) is 0 Å². The van der Waals surface area contributed by atoms with Crippen molar-refractivity contribution >= 4 is 22.6 Å². The second-order valence-corrected chi connectivity index (χ2v) is 4.44. The third kappa shape index (κ3) is 2.68. The number of aryl methyl sites for hydroxylation is 1. The minimum absolute atomic E-state index is 0.146. The molecule has 2 aromatic rings. The second-order valence-electron chi connectivity index (χ2n) is 4.44. The van der Waals surface area contributed by atoms with E-state index in [1.165, 1.54) is 0 Å². The van der Waals surface area contributed by atoms with Crippen LogP contribution in [0.15, 0.2) is 18.2 Å². The molecule has 1 aromatic carbocycles. The van der Waals surface area contributed by atoms with Crippen molar-refractivity contribution in [1.82, 2.24) is 9.97 Å². The Morgan fingerprint density at radius 1 is 1.56 bits per heavy atom. The van der Waals surface area contributed by atoms with Gasteiger partial charge in [0.2, 0.25) is 5.91 Å². The highest BCUT2D eigenvalue weighted by atomic mass is 16.2. The zero-order valence-corrected chi connectivity index (χ0v) is 10.7. The maximum atomic E-state index is 11.8. The van der Waals surface area contributed by atoms with Crippen LogP contribution >= 0.6 is 0 Å². The monoisotopic (exact) mass is 246 g/mol. The lowest BCUT2D eigenvalue weighted by Crippen LogP contribution is -2.35. The highest BCUT2D eigenvalue weighted by Gasteiger charge is 2.12. The Kier molecular flexibility index (Phi) is 3.62. The maximum Gasteiger partial charge on any atom is 0.241 e. The summed E-state index contributed by atoms with van der Waals surface area (Å²) < 4.78 is 0. The summed E-state index contributed by atoms with van der Waals surface area (Å²) in [5, 5.41) is 2.82. The van der Waals surface area contributed by atoms with Crippen molar-refractivity contribution in [1.29, 1.82) is 0 Å². The molecule has 2 rings (SSSR count). The Morgan fingerprint density at radius 2 is 2.33 bits per heavy atom. The molecule has 0 bridgehead atoms. The van der Waals surface area contributed by atoms with Gasteiger partial charge in [-0.25, -0.2) is 4.98 Å². The van der Waals surface area contributed by atoms with E-state index in [0.717, 1.165) is 29.0 Å². The molecule has 0 aliphatic rings. The van der Waals surface area contributed by atoms with Crippen molar-refractivity contribution in [3.8, 4) is 0 Å². The van der Waals surface area contributed by atoms with Gasteiger partial charge in [-0.15, -0.1) is 0 Å². The molecule has 1 aromatic heterocycles. The number of aromatic amines is 1. The number of benzene rings is 1. The first-order valence-corrected chi connectivity index (χ1v) is 6.13. The molecule has 0 aliphatic heterocycles. The minimum atomic E-state index is -0.450. The van der Waals surface area contributed by atoms with Crippen LogP contribution < -0.4 is 11.1 Å². The molecule has 0 spiro atoms. The maximum absolute atomic E-state index is 11.8. The van der Waals surface area contributed by atoms with Gasteiger partial charge in [0.1, 0.15) is 5.82 Å². The first-order chi connectivity index (χ1) is 8.60. The van der Waals surface area contributed by atoms with E-state index in [1.54, 1.807) is 0 Å². The lowest BCUT2D eigenvalue weighted by Gasteiger charge is -2.10. The molecule has 5 heteroatoms. The van der Waals surface area contributed by atoms with Gasteiger partial charge < -0.3 is 16.0 Å². The van der Waals surface area contributed by atoms with Gasteiger partial charge in [-0.1, -0.05) is 13.3 Å². The summed E-state index contributed by atoms with van der Waals surface area (Å²) in [6.45, 7) is 3.90. The Labute approximate surface area is 106 Å². The molecule has 4 N–H and O–H groups in total. The van der Waals surface area contributed by atoms with Crippen molar-refractivity contribution in [2.75, 3.05) is 5.32 Å². The normalized spacial score (nSPS) is 12.6. The first-order valence-electron chi connectivity index (χ1n) is 6.13. The Hall–Kier alpha value is -1.88. The topological polar surface area (TPSA) is 83.8 Å². The summed E-state index contributed by atoms with van der Waals surface area (Å²) >= 11 is 0. The lowest BCUT2D eigenvalue weighted by molar-refractivity contribution is -0.117. The van der Waals surface area contributed by atoms with Crippen LogP contribution in [0, 0.1) is 6.92 Å². The number of hydrogen-bond acceptors (Lipinski definition) is 3. The van der Waals surface area contributed by atoms with Gasteiger partial charge in [0, 0.05) is 5.69 Å². The van der Waals surface area contributed by atoms with Crippen LogP contribution in [0.4, 0.5) is 5.69 Å². The predicted octanol–water partition coefficient (Wildman–Crippen LogP) is 1.94. The number of fused-ring (bicyclic) bond motifs is 1. The second kappa shape index (κ2) is 5.18. The SMILES string of the molecule is CCC[C@H](N)C(=O)Nc1ccc2nc(C)[nH]c2c1. The number of H-pyrrole nitrogens is 1. The van der Waals surface area contributed by atoms with E-state index < -0.39 is 6.04 Å². The van der Waals surface area contributed by atoms with E-state index in [1.807, 2.05) is 32.0 Å². The molecule has 0 unspecified atom stereocenters. The van der Waals surface area contributed by atoms with Crippen molar-refractivity contribution in [3.05, 3.63) is 24.0 Å². The zero-order chi connectivity index (χ0) is 13.1. The number of nitrogens with zero attached hydrogens (tertiary/aromatic N) is 1. The molecule has 0 aliphatic carbocycles. The van der Waals surface area contributed by atoms with Crippen LogP contribution in [0.2, 0.25) is 0 Å². The van der Waals surface area contributed by atoms with Crippen LogP contribution in [-0.2, 0) is 4.79 Å². The molecule has 96 valence electrons. The van der Waals surface area contributed by atoms with Crippen LogP contribution in [0.1, 0.15) is 25.6 Å². The molecule has 0 fully saturated rings. The van der Waals surface area contributed by atoms with Crippen molar-refractivity contribution < 1.29 is 4.79 Å². The smallest absolute Gasteiger partial charge is 0.241 e. The van der Waals surface area contributed by atoms with Gasteiger partial charge in [0.15, 0.2) is 0 Å². The number of amides is 1. The number of anilines is 1. The Morgan fingerprint density at radius 3 is 3.06 bits per heavy atom. The Balaban J connectivity index is 2.14. The average Bonchev–Trinajstić information content (AvgIpc) is 2.68. The fourth-order valence-electron chi connectivity index (χ4n) is 1.89. The third-order valence-corrected chi connectivity index (χ3v) is 2.80. The summed E-state index contributed by atoms with van der Waals surface area (Å²) in [5.41, 5.74) is 8.30. The van der Waals surface area contributed by atoms with Crippen LogP contribution in [0.3, 0.4) is 0 Å². The van der Waals surface area contributed by atoms with E-state index in [4.69, 9.17) is 5.73 Å². The van der Waals surface area contributed by atoms with Crippen molar-refractivity contribution in [2.24, 2.45) is 5.73 Å². The molecule has 0 saturated heterocycles. The van der Waals surface area contributed by atoms with E-state index in [9.17, 15) is 4.79 Å². The average molecular weight is 246 g/mol. The predicted molar refractivity (Wildman–Crippen MR) is 72.3 cm³/mol. The van der Waals surface area contributed by atoms with Gasteiger partial charge in [0.25, 0.3) is 0 Å². The quantitative estimate of drug-likeness (QED) is 0.770. The number of hydrogen-bond donors (Lipinski definition) is 3.